The molecule has 1 rings (SSSR count). The summed E-state index contributed by atoms with van der Waals surface area (Å²) in [4.78, 5) is 1.70. The minimum Gasteiger partial charge on any atom is -0.375 e. The average Bonchev–Trinajstić information content (AvgIpc) is 2.03. The molecule has 0 unspecified atom stereocenters. The first-order chi connectivity index (χ1) is 5.65. The SMILES string of the molecule is C#Cc1ccc(N(C)C)c(F)c1. The molecule has 1 aromatic carbocycles. The lowest BCUT2D eigenvalue weighted by Crippen LogP contribution is -2.10. The second-order valence-electron chi connectivity index (χ2n) is 2.70. The van der Waals surface area contributed by atoms with Gasteiger partial charge in [0.1, 0.15) is 5.82 Å². The van der Waals surface area contributed by atoms with E-state index in [1.54, 1.807) is 31.1 Å². The number of terminal acetylenes is 1. The highest BCUT2D eigenvalue weighted by Crippen LogP contribution is 2.17. The lowest BCUT2D eigenvalue weighted by molar-refractivity contribution is 0.626. The van der Waals surface area contributed by atoms with Crippen molar-refractivity contribution in [1.82, 2.24) is 0 Å². The van der Waals surface area contributed by atoms with E-state index < -0.39 is 0 Å². The summed E-state index contributed by atoms with van der Waals surface area (Å²) in [5, 5.41) is 0. The van der Waals surface area contributed by atoms with Gasteiger partial charge >= 0.3 is 0 Å². The van der Waals surface area contributed by atoms with E-state index in [0.717, 1.165) is 0 Å². The van der Waals surface area contributed by atoms with Crippen LogP contribution in [0.2, 0.25) is 0 Å². The first-order valence-corrected chi connectivity index (χ1v) is 3.58. The highest BCUT2D eigenvalue weighted by Gasteiger charge is 2.03. The zero-order valence-electron chi connectivity index (χ0n) is 7.13. The fraction of sp³-hybridized carbons (Fsp3) is 0.200. The third-order valence-electron chi connectivity index (χ3n) is 1.60. The molecule has 0 aliphatic rings. The lowest BCUT2D eigenvalue weighted by atomic mass is 10.2. The molecule has 1 nitrogen and oxygen atoms in total. The van der Waals surface area contributed by atoms with Crippen LogP contribution in [0.5, 0.6) is 0 Å². The van der Waals surface area contributed by atoms with E-state index in [2.05, 4.69) is 5.92 Å². The third kappa shape index (κ3) is 1.57. The highest BCUT2D eigenvalue weighted by atomic mass is 19.1. The van der Waals surface area contributed by atoms with Crippen LogP contribution in [0.4, 0.5) is 10.1 Å². The van der Waals surface area contributed by atoms with Gasteiger partial charge < -0.3 is 4.90 Å². The van der Waals surface area contributed by atoms with E-state index in [1.165, 1.54) is 6.07 Å². The number of benzene rings is 1. The Labute approximate surface area is 71.8 Å². The van der Waals surface area contributed by atoms with Crippen molar-refractivity contribution in [2.75, 3.05) is 19.0 Å². The van der Waals surface area contributed by atoms with Crippen molar-refractivity contribution in [2.45, 2.75) is 0 Å². The molecule has 0 bridgehead atoms. The number of halogens is 1. The fourth-order valence-corrected chi connectivity index (χ4v) is 0.959. The molecule has 0 N–H and O–H groups in total. The van der Waals surface area contributed by atoms with Crippen molar-refractivity contribution in [2.24, 2.45) is 0 Å². The molecule has 0 aliphatic carbocycles. The maximum Gasteiger partial charge on any atom is 0.147 e. The molecule has 12 heavy (non-hydrogen) atoms. The van der Waals surface area contributed by atoms with E-state index in [1.807, 2.05) is 0 Å². The molecule has 0 amide bonds. The number of anilines is 1. The first-order valence-electron chi connectivity index (χ1n) is 3.58. The molecule has 0 atom stereocenters. The molecule has 2 heteroatoms. The molecule has 0 aliphatic heterocycles. The first kappa shape index (κ1) is 8.61. The zero-order chi connectivity index (χ0) is 9.14. The summed E-state index contributed by atoms with van der Waals surface area (Å²) in [7, 11) is 3.57. The van der Waals surface area contributed by atoms with E-state index >= 15 is 0 Å². The van der Waals surface area contributed by atoms with Crippen LogP contribution in [-0.2, 0) is 0 Å². The topological polar surface area (TPSA) is 3.24 Å². The van der Waals surface area contributed by atoms with Crippen LogP contribution in [0.3, 0.4) is 0 Å². The van der Waals surface area contributed by atoms with Crippen LogP contribution >= 0.6 is 0 Å². The van der Waals surface area contributed by atoms with Gasteiger partial charge in [0, 0.05) is 19.7 Å². The Kier molecular flexibility index (Phi) is 2.35. The predicted octanol–water partition coefficient (Wildman–Crippen LogP) is 1.87. The second-order valence-corrected chi connectivity index (χ2v) is 2.70. The predicted molar refractivity (Wildman–Crippen MR) is 48.7 cm³/mol. The molecule has 0 heterocycles. The molecule has 62 valence electrons. The largest absolute Gasteiger partial charge is 0.375 e. The Morgan fingerprint density at radius 1 is 1.42 bits per heavy atom. The van der Waals surface area contributed by atoms with Gasteiger partial charge in [-0.1, -0.05) is 5.92 Å². The Morgan fingerprint density at radius 2 is 2.08 bits per heavy atom. The van der Waals surface area contributed by atoms with Gasteiger partial charge in [-0.15, -0.1) is 6.42 Å². The number of nitrogens with zero attached hydrogens (tertiary/aromatic N) is 1. The van der Waals surface area contributed by atoms with Gasteiger partial charge in [0.15, 0.2) is 0 Å². The number of hydrogen-bond acceptors (Lipinski definition) is 1. The Balaban J connectivity index is 3.14. The van der Waals surface area contributed by atoms with Crippen LogP contribution < -0.4 is 4.90 Å². The molecule has 0 fully saturated rings. The summed E-state index contributed by atoms with van der Waals surface area (Å²) in [6, 6.07) is 4.75. The summed E-state index contributed by atoms with van der Waals surface area (Å²) in [6.07, 6.45) is 5.11. The van der Waals surface area contributed by atoms with Gasteiger partial charge in [-0.2, -0.15) is 0 Å². The van der Waals surface area contributed by atoms with Crippen LogP contribution in [0, 0.1) is 18.2 Å². The third-order valence-corrected chi connectivity index (χ3v) is 1.60. The van der Waals surface area contributed by atoms with E-state index in [9.17, 15) is 4.39 Å². The molecule has 0 aromatic heterocycles. The summed E-state index contributed by atoms with van der Waals surface area (Å²) < 4.78 is 13.2. The van der Waals surface area contributed by atoms with E-state index in [0.29, 0.717) is 11.3 Å². The maximum atomic E-state index is 13.2. The monoisotopic (exact) mass is 163 g/mol. The number of rotatable bonds is 1. The Morgan fingerprint density at radius 3 is 2.50 bits per heavy atom. The van der Waals surface area contributed by atoms with Crippen LogP contribution in [0.1, 0.15) is 5.56 Å². The minimum absolute atomic E-state index is 0.282. The normalized spacial score (nSPS) is 9.17. The number of hydrogen-bond donors (Lipinski definition) is 0. The van der Waals surface area contributed by atoms with E-state index in [4.69, 9.17) is 6.42 Å². The second kappa shape index (κ2) is 3.27. The van der Waals surface area contributed by atoms with Crippen molar-refractivity contribution in [3.63, 3.8) is 0 Å². The zero-order valence-corrected chi connectivity index (χ0v) is 7.13. The lowest BCUT2D eigenvalue weighted by Gasteiger charge is -2.12. The molecular formula is C10H10FN. The highest BCUT2D eigenvalue weighted by molar-refractivity contribution is 5.50. The van der Waals surface area contributed by atoms with Crippen LogP contribution in [0.25, 0.3) is 0 Å². The van der Waals surface area contributed by atoms with Gasteiger partial charge in [0.25, 0.3) is 0 Å². The van der Waals surface area contributed by atoms with Gasteiger partial charge in [-0.25, -0.2) is 4.39 Å². The molecule has 0 saturated heterocycles. The van der Waals surface area contributed by atoms with Gasteiger partial charge in [-0.05, 0) is 18.2 Å². The van der Waals surface area contributed by atoms with Crippen LogP contribution in [-0.4, -0.2) is 14.1 Å². The molecular weight excluding hydrogens is 153 g/mol. The molecule has 0 spiro atoms. The Hall–Kier alpha value is -1.49. The fourth-order valence-electron chi connectivity index (χ4n) is 0.959. The van der Waals surface area contributed by atoms with Crippen molar-refractivity contribution in [3.05, 3.63) is 29.6 Å². The summed E-state index contributed by atoms with van der Waals surface area (Å²) in [6.45, 7) is 0. The van der Waals surface area contributed by atoms with Gasteiger partial charge in [-0.3, -0.25) is 0 Å². The van der Waals surface area contributed by atoms with Crippen molar-refractivity contribution in [3.8, 4) is 12.3 Å². The van der Waals surface area contributed by atoms with Gasteiger partial charge in [0.2, 0.25) is 0 Å². The molecule has 0 radical (unpaired) electrons. The smallest absolute Gasteiger partial charge is 0.147 e. The molecule has 0 saturated carbocycles. The standard InChI is InChI=1S/C10H10FN/c1-4-8-5-6-10(12(2)3)9(11)7-8/h1,5-7H,2-3H3. The summed E-state index contributed by atoms with van der Waals surface area (Å²) >= 11 is 0. The summed E-state index contributed by atoms with van der Waals surface area (Å²) in [5.41, 5.74) is 1.12. The van der Waals surface area contributed by atoms with Crippen molar-refractivity contribution in [1.29, 1.82) is 0 Å². The van der Waals surface area contributed by atoms with Crippen molar-refractivity contribution < 1.29 is 4.39 Å². The van der Waals surface area contributed by atoms with Crippen LogP contribution in [0.15, 0.2) is 18.2 Å². The van der Waals surface area contributed by atoms with Gasteiger partial charge in [0.05, 0.1) is 5.69 Å². The minimum atomic E-state index is -0.282. The maximum absolute atomic E-state index is 13.2. The summed E-state index contributed by atoms with van der Waals surface area (Å²) in [5.74, 6) is 2.09. The molecule has 1 aromatic rings. The Bertz CT molecular complexity index is 323. The average molecular weight is 163 g/mol. The van der Waals surface area contributed by atoms with Crippen molar-refractivity contribution >= 4 is 5.69 Å². The quantitative estimate of drug-likeness (QED) is 0.571. The van der Waals surface area contributed by atoms with E-state index in [-0.39, 0.29) is 5.82 Å².